The minimum Gasteiger partial charge on any atom is -0.493 e. The minimum absolute atomic E-state index is 0.219. The van der Waals surface area contributed by atoms with Crippen molar-refractivity contribution in [1.82, 2.24) is 29.9 Å². The molecule has 1 saturated heterocycles. The van der Waals surface area contributed by atoms with Gasteiger partial charge in [-0.05, 0) is 24.6 Å². The van der Waals surface area contributed by atoms with Crippen molar-refractivity contribution in [3.05, 3.63) is 66.1 Å². The molecule has 0 saturated carbocycles. The van der Waals surface area contributed by atoms with Crippen molar-refractivity contribution in [2.24, 2.45) is 5.73 Å². The zero-order valence-corrected chi connectivity index (χ0v) is 20.4. The minimum atomic E-state index is -1.39. The van der Waals surface area contributed by atoms with E-state index in [2.05, 4.69) is 30.5 Å². The van der Waals surface area contributed by atoms with Crippen molar-refractivity contribution in [2.75, 3.05) is 44.8 Å². The number of hydrogen-bond donors (Lipinski definition) is 2. The molecule has 198 valence electrons. The molecule has 0 spiro atoms. The molecule has 1 atom stereocenters. The van der Waals surface area contributed by atoms with E-state index in [4.69, 9.17) is 15.2 Å². The third-order valence-corrected chi connectivity index (χ3v) is 6.17. The monoisotopic (exact) mass is 524 g/mol. The first kappa shape index (κ1) is 25.4. The van der Waals surface area contributed by atoms with Gasteiger partial charge in [-0.25, -0.2) is 23.4 Å². The first-order chi connectivity index (χ1) is 18.5. The molecule has 3 N–H and O–H groups in total. The lowest BCUT2D eigenvalue weighted by Crippen LogP contribution is -2.37. The van der Waals surface area contributed by atoms with Gasteiger partial charge in [-0.3, -0.25) is 9.69 Å². The number of nitrogens with two attached hydrogens (primary N) is 1. The van der Waals surface area contributed by atoms with E-state index in [1.165, 1.54) is 24.7 Å². The summed E-state index contributed by atoms with van der Waals surface area (Å²) in [5, 5.41) is 11.6. The lowest BCUT2D eigenvalue weighted by atomic mass is 10.1. The molecule has 0 radical (unpaired) electrons. The smallest absolute Gasteiger partial charge is 0.247 e. The van der Waals surface area contributed by atoms with E-state index in [0.717, 1.165) is 50.0 Å². The van der Waals surface area contributed by atoms with Crippen LogP contribution in [0, 0.1) is 11.6 Å². The van der Waals surface area contributed by atoms with E-state index in [1.807, 2.05) is 18.2 Å². The number of hydrogen-bond acceptors (Lipinski definition) is 9. The van der Waals surface area contributed by atoms with Crippen molar-refractivity contribution in [1.29, 1.82) is 0 Å². The number of amides is 1. The zero-order valence-electron chi connectivity index (χ0n) is 20.4. The number of primary amides is 1. The van der Waals surface area contributed by atoms with Crippen LogP contribution in [0.2, 0.25) is 0 Å². The Morgan fingerprint density at radius 3 is 2.84 bits per heavy atom. The molecule has 11 nitrogen and oxygen atoms in total. The number of morpholine rings is 1. The number of rotatable bonds is 10. The Hall–Kier alpha value is -4.23. The highest BCUT2D eigenvalue weighted by atomic mass is 19.2. The third-order valence-electron chi connectivity index (χ3n) is 6.17. The van der Waals surface area contributed by atoms with Crippen molar-refractivity contribution < 1.29 is 23.0 Å². The quantitative estimate of drug-likeness (QED) is 0.300. The van der Waals surface area contributed by atoms with Gasteiger partial charge in [0.2, 0.25) is 5.91 Å². The SMILES string of the molecule is NC(=O)C(c1cccc(F)c1F)n1cc(Nc2ncnc3cc(OCCCN4CCOCC4)ccc23)nn1. The maximum absolute atomic E-state index is 14.3. The Kier molecular flexibility index (Phi) is 7.65. The van der Waals surface area contributed by atoms with Crippen molar-refractivity contribution in [3.8, 4) is 5.75 Å². The van der Waals surface area contributed by atoms with Gasteiger partial charge in [-0.2, -0.15) is 0 Å². The number of carbonyl (C=O) groups is 1. The van der Waals surface area contributed by atoms with E-state index in [1.54, 1.807) is 0 Å². The molecular formula is C25H26F2N8O3. The second-order valence-corrected chi connectivity index (χ2v) is 8.71. The van der Waals surface area contributed by atoms with E-state index in [-0.39, 0.29) is 11.4 Å². The maximum Gasteiger partial charge on any atom is 0.247 e. The summed E-state index contributed by atoms with van der Waals surface area (Å²) in [6.45, 7) is 4.97. The molecule has 1 aliphatic heterocycles. The summed E-state index contributed by atoms with van der Waals surface area (Å²) < 4.78 is 40.4. The van der Waals surface area contributed by atoms with Crippen LogP contribution in [0.3, 0.4) is 0 Å². The number of ether oxygens (including phenoxy) is 2. The Morgan fingerprint density at radius 2 is 2.03 bits per heavy atom. The standard InChI is InChI=1S/C25H26F2N8O3/c26-19-4-1-3-18(22(19)27)23(24(28)36)35-14-21(32-33-35)31-25-17-6-5-16(13-20(17)29-15-30-25)38-10-2-7-34-8-11-37-12-9-34/h1,3-6,13-15,23H,2,7-12H2,(H2,28,36)(H,29,30,31). The Balaban J connectivity index is 1.27. The molecule has 1 aliphatic rings. The number of benzene rings is 2. The highest BCUT2D eigenvalue weighted by molar-refractivity contribution is 5.91. The number of carbonyl (C=O) groups excluding carboxylic acids is 1. The predicted molar refractivity (Wildman–Crippen MR) is 134 cm³/mol. The first-order valence-corrected chi connectivity index (χ1v) is 12.1. The van der Waals surface area contributed by atoms with Crippen LogP contribution in [0.15, 0.2) is 48.9 Å². The fraction of sp³-hybridized carbons (Fsp3) is 0.320. The molecule has 0 aliphatic carbocycles. The molecule has 1 unspecified atom stereocenters. The second-order valence-electron chi connectivity index (χ2n) is 8.71. The summed E-state index contributed by atoms with van der Waals surface area (Å²) in [7, 11) is 0. The second kappa shape index (κ2) is 11.4. The summed E-state index contributed by atoms with van der Waals surface area (Å²) >= 11 is 0. The molecule has 0 bridgehead atoms. The van der Waals surface area contributed by atoms with Gasteiger partial charge in [0.25, 0.3) is 0 Å². The molecule has 2 aromatic heterocycles. The first-order valence-electron chi connectivity index (χ1n) is 12.1. The van der Waals surface area contributed by atoms with E-state index in [0.29, 0.717) is 29.1 Å². The Morgan fingerprint density at radius 1 is 1.18 bits per heavy atom. The van der Waals surface area contributed by atoms with Gasteiger partial charge in [0.05, 0.1) is 31.5 Å². The van der Waals surface area contributed by atoms with Crippen LogP contribution in [-0.4, -0.2) is 75.2 Å². The molecule has 1 fully saturated rings. The van der Waals surface area contributed by atoms with Crippen molar-refractivity contribution in [3.63, 3.8) is 0 Å². The third kappa shape index (κ3) is 5.68. The van der Waals surface area contributed by atoms with E-state index >= 15 is 0 Å². The largest absolute Gasteiger partial charge is 0.493 e. The lowest BCUT2D eigenvalue weighted by Gasteiger charge is -2.26. The number of nitrogens with zero attached hydrogens (tertiary/aromatic N) is 6. The molecule has 1 amide bonds. The highest BCUT2D eigenvalue weighted by Gasteiger charge is 2.26. The van der Waals surface area contributed by atoms with E-state index < -0.39 is 23.6 Å². The summed E-state index contributed by atoms with van der Waals surface area (Å²) in [6, 6.07) is 7.60. The van der Waals surface area contributed by atoms with Gasteiger partial charge in [0.15, 0.2) is 23.5 Å². The summed E-state index contributed by atoms with van der Waals surface area (Å²) in [5.74, 6) is -1.85. The van der Waals surface area contributed by atoms with Crippen LogP contribution < -0.4 is 15.8 Å². The normalized spacial score (nSPS) is 14.9. The fourth-order valence-electron chi connectivity index (χ4n) is 4.27. The van der Waals surface area contributed by atoms with Gasteiger partial charge < -0.3 is 20.5 Å². The van der Waals surface area contributed by atoms with Gasteiger partial charge in [-0.15, -0.1) is 5.10 Å². The van der Waals surface area contributed by atoms with Crippen LogP contribution in [0.5, 0.6) is 5.75 Å². The average Bonchev–Trinajstić information content (AvgIpc) is 3.37. The Labute approximate surface area is 216 Å². The van der Waals surface area contributed by atoms with Gasteiger partial charge in [0.1, 0.15) is 17.9 Å². The Bertz CT molecular complexity index is 1430. The highest BCUT2D eigenvalue weighted by Crippen LogP contribution is 2.27. The molecule has 4 aromatic rings. The molecule has 13 heteroatoms. The number of nitrogens with one attached hydrogen (secondary N) is 1. The predicted octanol–water partition coefficient (Wildman–Crippen LogP) is 2.42. The molecular weight excluding hydrogens is 498 g/mol. The summed E-state index contributed by atoms with van der Waals surface area (Å²) in [5.41, 5.74) is 5.87. The van der Waals surface area contributed by atoms with Gasteiger partial charge in [-0.1, -0.05) is 17.3 Å². The molecule has 38 heavy (non-hydrogen) atoms. The van der Waals surface area contributed by atoms with Crippen LogP contribution in [0.25, 0.3) is 10.9 Å². The fourth-order valence-corrected chi connectivity index (χ4v) is 4.27. The van der Waals surface area contributed by atoms with Gasteiger partial charge in [0, 0.05) is 36.7 Å². The van der Waals surface area contributed by atoms with Crippen LogP contribution in [0.4, 0.5) is 20.4 Å². The average molecular weight is 525 g/mol. The zero-order chi connectivity index (χ0) is 26.5. The van der Waals surface area contributed by atoms with Gasteiger partial charge >= 0.3 is 0 Å². The summed E-state index contributed by atoms with van der Waals surface area (Å²) in [6.07, 6.45) is 3.65. The van der Waals surface area contributed by atoms with E-state index in [9.17, 15) is 13.6 Å². The number of fused-ring (bicyclic) bond motifs is 1. The maximum atomic E-state index is 14.3. The molecule has 2 aromatic carbocycles. The molecule has 3 heterocycles. The lowest BCUT2D eigenvalue weighted by molar-refractivity contribution is -0.120. The molecule has 5 rings (SSSR count). The topological polar surface area (TPSA) is 133 Å². The van der Waals surface area contributed by atoms with Crippen LogP contribution in [0.1, 0.15) is 18.0 Å². The number of aromatic nitrogens is 5. The van der Waals surface area contributed by atoms with Crippen LogP contribution in [-0.2, 0) is 9.53 Å². The van der Waals surface area contributed by atoms with Crippen molar-refractivity contribution in [2.45, 2.75) is 12.5 Å². The summed E-state index contributed by atoms with van der Waals surface area (Å²) in [4.78, 5) is 23.1. The van der Waals surface area contributed by atoms with Crippen LogP contribution >= 0.6 is 0 Å². The number of halogens is 2. The number of anilines is 2. The van der Waals surface area contributed by atoms with Crippen molar-refractivity contribution >= 4 is 28.4 Å².